The summed E-state index contributed by atoms with van der Waals surface area (Å²) in [5.74, 6) is 0.440. The number of nitrogens with zero attached hydrogens (tertiary/aromatic N) is 1. The number of rotatable bonds is 1. The van der Waals surface area contributed by atoms with Crippen molar-refractivity contribution in [3.63, 3.8) is 0 Å². The molecule has 3 rings (SSSR count). The molecule has 1 saturated heterocycles. The molecule has 0 atom stereocenters. The fraction of sp³-hybridized carbons (Fsp3) is 0.400. The molecule has 0 radical (unpaired) electrons. The first-order chi connectivity index (χ1) is 9.15. The molecule has 0 unspecified atom stereocenters. The second kappa shape index (κ2) is 4.70. The van der Waals surface area contributed by atoms with Gasteiger partial charge in [-0.05, 0) is 43.2 Å². The topological polar surface area (TPSA) is 45.5 Å². The van der Waals surface area contributed by atoms with Gasteiger partial charge in [0.05, 0.1) is 0 Å². The van der Waals surface area contributed by atoms with Gasteiger partial charge in [0.25, 0.3) is 5.91 Å². The summed E-state index contributed by atoms with van der Waals surface area (Å²) in [4.78, 5) is 14.2. The van der Waals surface area contributed by atoms with E-state index in [0.717, 1.165) is 37.1 Å². The lowest BCUT2D eigenvalue weighted by Crippen LogP contribution is -2.46. The van der Waals surface area contributed by atoms with Gasteiger partial charge in [0.2, 0.25) is 0 Å². The highest BCUT2D eigenvalue weighted by Gasteiger charge is 2.21. The summed E-state index contributed by atoms with van der Waals surface area (Å²) in [7, 11) is 0. The minimum Gasteiger partial charge on any atom is -0.451 e. The number of hydrogen-bond donors (Lipinski definition) is 1. The molecular formula is C15H18N2O2. The van der Waals surface area contributed by atoms with E-state index in [0.29, 0.717) is 5.76 Å². The molecule has 1 aliphatic rings. The van der Waals surface area contributed by atoms with Crippen molar-refractivity contribution < 1.29 is 9.21 Å². The standard InChI is InChI=1S/C15H18N2O2/c1-10-7-12-9-14(19-13(12)8-11(10)2)15(18)17-5-3-16-4-6-17/h7-9,16H,3-6H2,1-2H3. The van der Waals surface area contributed by atoms with Gasteiger partial charge in [-0.2, -0.15) is 0 Å². The van der Waals surface area contributed by atoms with E-state index in [1.165, 1.54) is 11.1 Å². The molecule has 2 heterocycles. The summed E-state index contributed by atoms with van der Waals surface area (Å²) < 4.78 is 5.71. The van der Waals surface area contributed by atoms with Gasteiger partial charge in [-0.15, -0.1) is 0 Å². The quantitative estimate of drug-likeness (QED) is 0.852. The molecule has 0 spiro atoms. The second-order valence-electron chi connectivity index (χ2n) is 5.13. The number of carbonyl (C=O) groups is 1. The molecule has 1 fully saturated rings. The Morgan fingerprint density at radius 2 is 1.84 bits per heavy atom. The van der Waals surface area contributed by atoms with Gasteiger partial charge < -0.3 is 14.6 Å². The Hall–Kier alpha value is -1.81. The third kappa shape index (κ3) is 2.24. The number of furan rings is 1. The van der Waals surface area contributed by atoms with Crippen LogP contribution in [-0.2, 0) is 0 Å². The Balaban J connectivity index is 1.94. The highest BCUT2D eigenvalue weighted by molar-refractivity contribution is 5.96. The summed E-state index contributed by atoms with van der Waals surface area (Å²) in [5.41, 5.74) is 3.19. The molecule has 1 N–H and O–H groups in total. The molecule has 4 heteroatoms. The van der Waals surface area contributed by atoms with Crippen molar-refractivity contribution in [1.82, 2.24) is 10.2 Å². The lowest BCUT2D eigenvalue weighted by molar-refractivity contribution is 0.0706. The first-order valence-corrected chi connectivity index (χ1v) is 6.66. The molecule has 1 aromatic heterocycles. The van der Waals surface area contributed by atoms with Crippen molar-refractivity contribution in [1.29, 1.82) is 0 Å². The summed E-state index contributed by atoms with van der Waals surface area (Å²) in [6.45, 7) is 7.31. The zero-order chi connectivity index (χ0) is 13.4. The number of hydrogen-bond acceptors (Lipinski definition) is 3. The minimum atomic E-state index is -0.00648. The number of carbonyl (C=O) groups excluding carboxylic acids is 1. The van der Waals surface area contributed by atoms with E-state index in [9.17, 15) is 4.79 Å². The van der Waals surface area contributed by atoms with Crippen LogP contribution >= 0.6 is 0 Å². The average Bonchev–Trinajstić information content (AvgIpc) is 2.82. The van der Waals surface area contributed by atoms with Crippen LogP contribution in [0.2, 0.25) is 0 Å². The summed E-state index contributed by atoms with van der Waals surface area (Å²) in [6, 6.07) is 5.92. The van der Waals surface area contributed by atoms with Gasteiger partial charge in [0.15, 0.2) is 5.76 Å². The first-order valence-electron chi connectivity index (χ1n) is 6.66. The molecule has 0 bridgehead atoms. The van der Waals surface area contributed by atoms with E-state index < -0.39 is 0 Å². The molecule has 19 heavy (non-hydrogen) atoms. The molecule has 2 aromatic rings. The Morgan fingerprint density at radius 1 is 1.16 bits per heavy atom. The maximum absolute atomic E-state index is 12.3. The van der Waals surface area contributed by atoms with Gasteiger partial charge in [-0.1, -0.05) is 0 Å². The van der Waals surface area contributed by atoms with Crippen LogP contribution in [-0.4, -0.2) is 37.0 Å². The number of nitrogens with one attached hydrogen (secondary N) is 1. The smallest absolute Gasteiger partial charge is 0.289 e. The van der Waals surface area contributed by atoms with Crippen molar-refractivity contribution in [3.8, 4) is 0 Å². The summed E-state index contributed by atoms with van der Waals surface area (Å²) >= 11 is 0. The maximum atomic E-state index is 12.3. The van der Waals surface area contributed by atoms with Gasteiger partial charge in [0.1, 0.15) is 5.58 Å². The SMILES string of the molecule is Cc1cc2cc(C(=O)N3CCNCC3)oc2cc1C. The second-order valence-corrected chi connectivity index (χ2v) is 5.13. The van der Waals surface area contributed by atoms with Crippen LogP contribution in [0.4, 0.5) is 0 Å². The van der Waals surface area contributed by atoms with Gasteiger partial charge in [-0.3, -0.25) is 4.79 Å². The number of piperazine rings is 1. The zero-order valence-corrected chi connectivity index (χ0v) is 11.3. The van der Waals surface area contributed by atoms with E-state index in [4.69, 9.17) is 4.42 Å². The highest BCUT2D eigenvalue weighted by atomic mass is 16.3. The molecule has 0 aliphatic carbocycles. The lowest BCUT2D eigenvalue weighted by Gasteiger charge is -2.26. The van der Waals surface area contributed by atoms with Gasteiger partial charge in [0, 0.05) is 31.6 Å². The average molecular weight is 258 g/mol. The van der Waals surface area contributed by atoms with Crippen LogP contribution in [0.1, 0.15) is 21.7 Å². The lowest BCUT2D eigenvalue weighted by atomic mass is 10.1. The molecule has 1 aliphatic heterocycles. The van der Waals surface area contributed by atoms with Crippen LogP contribution in [0.15, 0.2) is 22.6 Å². The maximum Gasteiger partial charge on any atom is 0.289 e. The Morgan fingerprint density at radius 3 is 2.58 bits per heavy atom. The molecular weight excluding hydrogens is 240 g/mol. The first kappa shape index (κ1) is 12.2. The Kier molecular flexibility index (Phi) is 3.03. The third-order valence-electron chi connectivity index (χ3n) is 3.75. The molecule has 1 amide bonds. The van der Waals surface area contributed by atoms with Crippen LogP contribution in [0.3, 0.4) is 0 Å². The van der Waals surface area contributed by atoms with Crippen LogP contribution < -0.4 is 5.32 Å². The molecule has 1 aromatic carbocycles. The third-order valence-corrected chi connectivity index (χ3v) is 3.75. The minimum absolute atomic E-state index is 0.00648. The largest absolute Gasteiger partial charge is 0.451 e. The predicted molar refractivity (Wildman–Crippen MR) is 74.5 cm³/mol. The van der Waals surface area contributed by atoms with E-state index in [2.05, 4.69) is 25.2 Å². The molecule has 4 nitrogen and oxygen atoms in total. The number of aryl methyl sites for hydroxylation is 2. The highest BCUT2D eigenvalue weighted by Crippen LogP contribution is 2.24. The van der Waals surface area contributed by atoms with E-state index >= 15 is 0 Å². The van der Waals surface area contributed by atoms with Crippen molar-refractivity contribution in [2.75, 3.05) is 26.2 Å². The normalized spacial score (nSPS) is 16.0. The zero-order valence-electron chi connectivity index (χ0n) is 11.3. The van der Waals surface area contributed by atoms with Crippen molar-refractivity contribution in [3.05, 3.63) is 35.1 Å². The molecule has 0 saturated carbocycles. The van der Waals surface area contributed by atoms with Crippen molar-refractivity contribution >= 4 is 16.9 Å². The Labute approximate surface area is 112 Å². The van der Waals surface area contributed by atoms with E-state index in [1.54, 1.807) is 0 Å². The summed E-state index contributed by atoms with van der Waals surface area (Å²) in [5, 5.41) is 4.24. The van der Waals surface area contributed by atoms with Crippen LogP contribution in [0.25, 0.3) is 11.0 Å². The Bertz CT molecular complexity index is 585. The molecule has 100 valence electrons. The fourth-order valence-electron chi connectivity index (χ4n) is 2.43. The summed E-state index contributed by atoms with van der Waals surface area (Å²) in [6.07, 6.45) is 0. The van der Waals surface area contributed by atoms with Crippen LogP contribution in [0.5, 0.6) is 0 Å². The van der Waals surface area contributed by atoms with E-state index in [-0.39, 0.29) is 5.91 Å². The van der Waals surface area contributed by atoms with E-state index in [1.807, 2.05) is 17.0 Å². The van der Waals surface area contributed by atoms with Gasteiger partial charge in [-0.25, -0.2) is 0 Å². The fourth-order valence-corrected chi connectivity index (χ4v) is 2.43. The van der Waals surface area contributed by atoms with Crippen molar-refractivity contribution in [2.24, 2.45) is 0 Å². The monoisotopic (exact) mass is 258 g/mol. The number of benzene rings is 1. The van der Waals surface area contributed by atoms with Crippen LogP contribution in [0, 0.1) is 13.8 Å². The number of fused-ring (bicyclic) bond motifs is 1. The number of amides is 1. The van der Waals surface area contributed by atoms with Crippen molar-refractivity contribution in [2.45, 2.75) is 13.8 Å². The predicted octanol–water partition coefficient (Wildman–Crippen LogP) is 2.10. The van der Waals surface area contributed by atoms with Gasteiger partial charge >= 0.3 is 0 Å².